The molecule has 0 aliphatic carbocycles. The quantitative estimate of drug-likeness (QED) is 0.704. The van der Waals surface area contributed by atoms with Crippen LogP contribution in [-0.2, 0) is 4.74 Å². The second kappa shape index (κ2) is 5.25. The van der Waals surface area contributed by atoms with E-state index in [9.17, 15) is 5.11 Å². The Morgan fingerprint density at radius 1 is 1.40 bits per heavy atom. The molecule has 0 bridgehead atoms. The zero-order valence-electron chi connectivity index (χ0n) is 9.56. The molecule has 2 fully saturated rings. The second-order valence-electron chi connectivity index (χ2n) is 4.73. The number of hydrogen-bond donors (Lipinski definition) is 1. The molecule has 2 saturated heterocycles. The van der Waals surface area contributed by atoms with E-state index in [0.717, 1.165) is 39.2 Å². The summed E-state index contributed by atoms with van der Waals surface area (Å²) >= 11 is 0. The van der Waals surface area contributed by atoms with Crippen LogP contribution in [-0.4, -0.2) is 73.5 Å². The van der Waals surface area contributed by atoms with Crippen molar-refractivity contribution in [1.29, 1.82) is 0 Å². The normalized spacial score (nSPS) is 34.8. The van der Waals surface area contributed by atoms with E-state index in [4.69, 9.17) is 4.74 Å². The van der Waals surface area contributed by atoms with Crippen molar-refractivity contribution in [2.75, 3.05) is 46.4 Å². The summed E-state index contributed by atoms with van der Waals surface area (Å²) in [5.41, 5.74) is 0. The number of rotatable bonds is 3. The fourth-order valence-corrected chi connectivity index (χ4v) is 2.58. The third-order valence-electron chi connectivity index (χ3n) is 3.49. The van der Waals surface area contributed by atoms with Crippen LogP contribution in [0.25, 0.3) is 0 Å². The van der Waals surface area contributed by atoms with E-state index in [-0.39, 0.29) is 0 Å². The molecule has 88 valence electrons. The van der Waals surface area contributed by atoms with Gasteiger partial charge in [0, 0.05) is 25.7 Å². The maximum atomic E-state index is 9.23. The topological polar surface area (TPSA) is 35.9 Å². The third-order valence-corrected chi connectivity index (χ3v) is 3.49. The summed E-state index contributed by atoms with van der Waals surface area (Å²) in [6.07, 6.45) is 2.68. The number of aliphatic hydroxyl groups is 1. The van der Waals surface area contributed by atoms with Crippen LogP contribution >= 0.6 is 0 Å². The predicted molar refractivity (Wildman–Crippen MR) is 58.9 cm³/mol. The van der Waals surface area contributed by atoms with Gasteiger partial charge in [-0.05, 0) is 26.4 Å². The lowest BCUT2D eigenvalue weighted by atomic mass is 10.2. The SMILES string of the molecule is CN1CCOC(CN2CCCC2CO)C1. The van der Waals surface area contributed by atoms with E-state index in [2.05, 4.69) is 16.8 Å². The van der Waals surface area contributed by atoms with Crippen LogP contribution in [0.15, 0.2) is 0 Å². The molecule has 0 radical (unpaired) electrons. The van der Waals surface area contributed by atoms with Gasteiger partial charge in [-0.25, -0.2) is 0 Å². The minimum Gasteiger partial charge on any atom is -0.395 e. The Morgan fingerprint density at radius 2 is 2.27 bits per heavy atom. The highest BCUT2D eigenvalue weighted by Crippen LogP contribution is 2.18. The van der Waals surface area contributed by atoms with Gasteiger partial charge < -0.3 is 14.7 Å². The first-order valence-electron chi connectivity index (χ1n) is 5.94. The molecule has 15 heavy (non-hydrogen) atoms. The fraction of sp³-hybridized carbons (Fsp3) is 1.00. The van der Waals surface area contributed by atoms with Crippen LogP contribution in [0.4, 0.5) is 0 Å². The molecule has 2 atom stereocenters. The number of morpholine rings is 1. The van der Waals surface area contributed by atoms with Crippen LogP contribution in [0.3, 0.4) is 0 Å². The third kappa shape index (κ3) is 2.91. The standard InChI is InChI=1S/C11H22N2O2/c1-12-5-6-15-11(7-12)8-13-4-2-3-10(13)9-14/h10-11,14H,2-9H2,1H3. The van der Waals surface area contributed by atoms with E-state index < -0.39 is 0 Å². The number of likely N-dealkylation sites (N-methyl/N-ethyl adjacent to an activating group) is 1. The van der Waals surface area contributed by atoms with E-state index in [1.807, 2.05) is 0 Å². The molecule has 2 rings (SSSR count). The van der Waals surface area contributed by atoms with Gasteiger partial charge in [0.25, 0.3) is 0 Å². The lowest BCUT2D eigenvalue weighted by molar-refractivity contribution is -0.0395. The average Bonchev–Trinajstić information content (AvgIpc) is 2.65. The molecule has 2 unspecified atom stereocenters. The first-order valence-corrected chi connectivity index (χ1v) is 5.94. The number of hydrogen-bond acceptors (Lipinski definition) is 4. The van der Waals surface area contributed by atoms with Crippen LogP contribution in [0.1, 0.15) is 12.8 Å². The van der Waals surface area contributed by atoms with Crippen molar-refractivity contribution in [3.8, 4) is 0 Å². The Balaban J connectivity index is 1.80. The Hall–Kier alpha value is -0.160. The molecule has 0 saturated carbocycles. The molecule has 1 N–H and O–H groups in total. The van der Waals surface area contributed by atoms with Crippen LogP contribution in [0, 0.1) is 0 Å². The van der Waals surface area contributed by atoms with E-state index in [0.29, 0.717) is 18.8 Å². The molecule has 2 aliphatic heterocycles. The highest BCUT2D eigenvalue weighted by molar-refractivity contribution is 4.82. The van der Waals surface area contributed by atoms with Gasteiger partial charge in [0.1, 0.15) is 0 Å². The lowest BCUT2D eigenvalue weighted by Gasteiger charge is -2.34. The lowest BCUT2D eigenvalue weighted by Crippen LogP contribution is -2.47. The predicted octanol–water partition coefficient (Wildman–Crippen LogP) is -0.226. The molecule has 4 nitrogen and oxygen atoms in total. The summed E-state index contributed by atoms with van der Waals surface area (Å²) in [5, 5.41) is 9.23. The number of likely N-dealkylation sites (tertiary alicyclic amines) is 1. The van der Waals surface area contributed by atoms with Gasteiger partial charge in [0.2, 0.25) is 0 Å². The summed E-state index contributed by atoms with van der Waals surface area (Å²) in [7, 11) is 2.14. The van der Waals surface area contributed by atoms with Crippen molar-refractivity contribution in [2.45, 2.75) is 25.0 Å². The van der Waals surface area contributed by atoms with Gasteiger partial charge in [0.15, 0.2) is 0 Å². The monoisotopic (exact) mass is 214 g/mol. The molecule has 2 aliphatic rings. The number of nitrogens with zero attached hydrogens (tertiary/aromatic N) is 2. The zero-order chi connectivity index (χ0) is 10.7. The Bertz CT molecular complexity index is 201. The zero-order valence-corrected chi connectivity index (χ0v) is 9.56. The minimum absolute atomic E-state index is 0.294. The van der Waals surface area contributed by atoms with E-state index >= 15 is 0 Å². The highest BCUT2D eigenvalue weighted by Gasteiger charge is 2.28. The smallest absolute Gasteiger partial charge is 0.0829 e. The van der Waals surface area contributed by atoms with Crippen molar-refractivity contribution in [3.05, 3.63) is 0 Å². The summed E-state index contributed by atoms with van der Waals surface area (Å²) < 4.78 is 5.74. The first-order chi connectivity index (χ1) is 7.29. The molecule has 4 heteroatoms. The maximum absolute atomic E-state index is 9.23. The molecule has 0 aromatic heterocycles. The Morgan fingerprint density at radius 3 is 3.00 bits per heavy atom. The van der Waals surface area contributed by atoms with Gasteiger partial charge in [-0.1, -0.05) is 0 Å². The van der Waals surface area contributed by atoms with Crippen molar-refractivity contribution in [2.24, 2.45) is 0 Å². The van der Waals surface area contributed by atoms with Crippen molar-refractivity contribution in [1.82, 2.24) is 9.80 Å². The Labute approximate surface area is 91.8 Å². The van der Waals surface area contributed by atoms with E-state index in [1.54, 1.807) is 0 Å². The van der Waals surface area contributed by atoms with Gasteiger partial charge >= 0.3 is 0 Å². The van der Waals surface area contributed by atoms with Gasteiger partial charge in [0.05, 0.1) is 19.3 Å². The van der Waals surface area contributed by atoms with Crippen LogP contribution < -0.4 is 0 Å². The molecule has 0 spiro atoms. The van der Waals surface area contributed by atoms with Crippen molar-refractivity contribution < 1.29 is 9.84 Å². The Kier molecular flexibility index (Phi) is 3.97. The molecule has 0 amide bonds. The minimum atomic E-state index is 0.294. The van der Waals surface area contributed by atoms with Gasteiger partial charge in [-0.2, -0.15) is 0 Å². The maximum Gasteiger partial charge on any atom is 0.0829 e. The summed E-state index contributed by atoms with van der Waals surface area (Å²) in [4.78, 5) is 4.70. The summed E-state index contributed by atoms with van der Waals surface area (Å²) in [6, 6.07) is 0.376. The molecule has 0 aromatic carbocycles. The average molecular weight is 214 g/mol. The molecule has 2 heterocycles. The fourth-order valence-electron chi connectivity index (χ4n) is 2.58. The largest absolute Gasteiger partial charge is 0.395 e. The molecular formula is C11H22N2O2. The highest BCUT2D eigenvalue weighted by atomic mass is 16.5. The summed E-state index contributed by atoms with van der Waals surface area (Å²) in [5.74, 6) is 0. The summed E-state index contributed by atoms with van der Waals surface area (Å²) in [6.45, 7) is 5.31. The molecular weight excluding hydrogens is 192 g/mol. The van der Waals surface area contributed by atoms with E-state index in [1.165, 1.54) is 6.42 Å². The van der Waals surface area contributed by atoms with Crippen LogP contribution in [0.2, 0.25) is 0 Å². The van der Waals surface area contributed by atoms with Crippen molar-refractivity contribution >= 4 is 0 Å². The van der Waals surface area contributed by atoms with Crippen molar-refractivity contribution in [3.63, 3.8) is 0 Å². The molecule has 0 aromatic rings. The number of aliphatic hydroxyl groups excluding tert-OH is 1. The number of ether oxygens (including phenoxy) is 1. The second-order valence-corrected chi connectivity index (χ2v) is 4.73. The van der Waals surface area contributed by atoms with Crippen LogP contribution in [0.5, 0.6) is 0 Å². The van der Waals surface area contributed by atoms with Gasteiger partial charge in [-0.3, -0.25) is 4.90 Å². The first kappa shape index (κ1) is 11.3. The van der Waals surface area contributed by atoms with Gasteiger partial charge in [-0.15, -0.1) is 0 Å².